The van der Waals surface area contributed by atoms with E-state index in [-0.39, 0.29) is 0 Å². The molecule has 0 saturated heterocycles. The van der Waals surface area contributed by atoms with Crippen LogP contribution < -0.4 is 10.1 Å². The van der Waals surface area contributed by atoms with Crippen LogP contribution in [0.15, 0.2) is 42.5 Å². The number of nitrogens with one attached hydrogen (secondary N) is 1. The van der Waals surface area contributed by atoms with Crippen LogP contribution in [0.2, 0.25) is 0 Å². The lowest BCUT2D eigenvalue weighted by Crippen LogP contribution is -2.18. The molecule has 1 unspecified atom stereocenters. The normalized spacial score (nSPS) is 14.6. The number of ether oxygens (including phenoxy) is 1. The van der Waals surface area contributed by atoms with E-state index < -0.39 is 0 Å². The molecule has 0 fully saturated rings. The molecule has 0 radical (unpaired) electrons. The van der Waals surface area contributed by atoms with Gasteiger partial charge in [-0.1, -0.05) is 48.0 Å². The fraction of sp³-hybridized carbons (Fsp3) is 0.368. The zero-order valence-electron chi connectivity index (χ0n) is 12.9. The third kappa shape index (κ3) is 3.11. The monoisotopic (exact) mass is 281 g/mol. The van der Waals surface area contributed by atoms with Crippen LogP contribution in [0.3, 0.4) is 0 Å². The lowest BCUT2D eigenvalue weighted by atomic mass is 9.96. The number of benzene rings is 2. The zero-order valence-corrected chi connectivity index (χ0v) is 12.9. The molecule has 2 aromatic carbocycles. The van der Waals surface area contributed by atoms with E-state index in [1.807, 2.05) is 7.05 Å². The van der Waals surface area contributed by atoms with Crippen LogP contribution in [0.5, 0.6) is 5.75 Å². The van der Waals surface area contributed by atoms with Crippen molar-refractivity contribution in [3.05, 3.63) is 64.7 Å². The van der Waals surface area contributed by atoms with Gasteiger partial charge in [-0.2, -0.15) is 0 Å². The van der Waals surface area contributed by atoms with E-state index in [9.17, 15) is 0 Å². The average Bonchev–Trinajstić information content (AvgIpc) is 2.99. The molecule has 110 valence electrons. The van der Waals surface area contributed by atoms with E-state index in [2.05, 4.69) is 54.7 Å². The summed E-state index contributed by atoms with van der Waals surface area (Å²) in [5.74, 6) is 1.11. The quantitative estimate of drug-likeness (QED) is 0.899. The Balaban J connectivity index is 1.74. The van der Waals surface area contributed by atoms with E-state index in [0.717, 1.165) is 31.6 Å². The molecule has 0 aromatic heterocycles. The second kappa shape index (κ2) is 6.31. The molecule has 1 atom stereocenters. The minimum atomic E-state index is 0.347. The van der Waals surface area contributed by atoms with Gasteiger partial charge in [-0.15, -0.1) is 0 Å². The highest BCUT2D eigenvalue weighted by Gasteiger charge is 2.20. The van der Waals surface area contributed by atoms with Gasteiger partial charge in [-0.05, 0) is 37.9 Å². The molecule has 21 heavy (non-hydrogen) atoms. The Morgan fingerprint density at radius 3 is 2.71 bits per heavy atom. The first-order valence-electron chi connectivity index (χ1n) is 7.75. The molecule has 1 aliphatic rings. The first-order chi connectivity index (χ1) is 10.3. The average molecular weight is 281 g/mol. The molecule has 2 heteroatoms. The van der Waals surface area contributed by atoms with Crippen LogP contribution in [0.25, 0.3) is 0 Å². The number of hydrogen-bond donors (Lipinski definition) is 1. The Kier molecular flexibility index (Phi) is 4.26. The second-order valence-electron chi connectivity index (χ2n) is 5.80. The Morgan fingerprint density at radius 2 is 1.95 bits per heavy atom. The molecule has 1 heterocycles. The maximum Gasteiger partial charge on any atom is 0.127 e. The van der Waals surface area contributed by atoms with E-state index in [0.29, 0.717) is 6.04 Å². The molecule has 0 bridgehead atoms. The van der Waals surface area contributed by atoms with Gasteiger partial charge in [-0.3, -0.25) is 0 Å². The van der Waals surface area contributed by atoms with Crippen molar-refractivity contribution >= 4 is 0 Å². The zero-order chi connectivity index (χ0) is 14.7. The molecule has 0 spiro atoms. The minimum Gasteiger partial charge on any atom is -0.493 e. The van der Waals surface area contributed by atoms with Gasteiger partial charge in [0.25, 0.3) is 0 Å². The molecular weight excluding hydrogens is 258 g/mol. The molecule has 1 N–H and O–H groups in total. The summed E-state index contributed by atoms with van der Waals surface area (Å²) in [7, 11) is 2.04. The van der Waals surface area contributed by atoms with Crippen LogP contribution in [0, 0.1) is 6.92 Å². The van der Waals surface area contributed by atoms with Gasteiger partial charge < -0.3 is 10.1 Å². The van der Waals surface area contributed by atoms with Crippen molar-refractivity contribution in [1.29, 1.82) is 0 Å². The summed E-state index contributed by atoms with van der Waals surface area (Å²) in [5.41, 5.74) is 5.37. The Morgan fingerprint density at radius 1 is 1.14 bits per heavy atom. The lowest BCUT2D eigenvalue weighted by molar-refractivity contribution is 0.348. The standard InChI is InChI=1S/C19H23NO/c1-14-6-8-15(9-7-14)10-11-18(20-2)17-5-3-4-16-12-13-21-19(16)17/h3-9,18,20H,10-13H2,1-2H3. The van der Waals surface area contributed by atoms with Crippen LogP contribution in [-0.2, 0) is 12.8 Å². The molecule has 2 aromatic rings. The van der Waals surface area contributed by atoms with Crippen LogP contribution in [0.4, 0.5) is 0 Å². The van der Waals surface area contributed by atoms with Crippen molar-refractivity contribution in [2.75, 3.05) is 13.7 Å². The third-order valence-corrected chi connectivity index (χ3v) is 4.31. The smallest absolute Gasteiger partial charge is 0.127 e. The fourth-order valence-corrected chi connectivity index (χ4v) is 3.04. The lowest BCUT2D eigenvalue weighted by Gasteiger charge is -2.19. The Bertz CT molecular complexity index is 603. The van der Waals surface area contributed by atoms with Crippen molar-refractivity contribution in [2.45, 2.75) is 32.2 Å². The summed E-state index contributed by atoms with van der Waals surface area (Å²) < 4.78 is 5.84. The second-order valence-corrected chi connectivity index (χ2v) is 5.80. The number of para-hydroxylation sites is 1. The van der Waals surface area contributed by atoms with Crippen LogP contribution >= 0.6 is 0 Å². The Labute approximate surface area is 127 Å². The highest BCUT2D eigenvalue weighted by molar-refractivity contribution is 5.45. The molecule has 0 amide bonds. The third-order valence-electron chi connectivity index (χ3n) is 4.31. The van der Waals surface area contributed by atoms with E-state index in [4.69, 9.17) is 4.74 Å². The van der Waals surface area contributed by atoms with Gasteiger partial charge in [0.1, 0.15) is 5.75 Å². The maximum absolute atomic E-state index is 5.84. The van der Waals surface area contributed by atoms with Gasteiger partial charge in [0.05, 0.1) is 6.61 Å². The van der Waals surface area contributed by atoms with Crippen molar-refractivity contribution in [2.24, 2.45) is 0 Å². The minimum absolute atomic E-state index is 0.347. The summed E-state index contributed by atoms with van der Waals surface area (Å²) in [4.78, 5) is 0. The first kappa shape index (κ1) is 14.2. The summed E-state index contributed by atoms with van der Waals surface area (Å²) in [6.45, 7) is 2.95. The molecule has 3 rings (SSSR count). The molecule has 1 aliphatic heterocycles. The Hall–Kier alpha value is -1.80. The predicted octanol–water partition coefficient (Wildman–Crippen LogP) is 3.82. The number of rotatable bonds is 5. The van der Waals surface area contributed by atoms with Crippen molar-refractivity contribution in [1.82, 2.24) is 5.32 Å². The van der Waals surface area contributed by atoms with Gasteiger partial charge in [0.2, 0.25) is 0 Å². The highest BCUT2D eigenvalue weighted by Crippen LogP contribution is 2.34. The van der Waals surface area contributed by atoms with E-state index in [1.54, 1.807) is 0 Å². The summed E-state index contributed by atoms with van der Waals surface area (Å²) in [6.07, 6.45) is 3.20. The molecule has 2 nitrogen and oxygen atoms in total. The van der Waals surface area contributed by atoms with Gasteiger partial charge in [0, 0.05) is 18.0 Å². The number of aryl methyl sites for hydroxylation is 2. The van der Waals surface area contributed by atoms with Gasteiger partial charge in [-0.25, -0.2) is 0 Å². The molecule has 0 aliphatic carbocycles. The van der Waals surface area contributed by atoms with E-state index in [1.165, 1.54) is 22.3 Å². The molecule has 0 saturated carbocycles. The van der Waals surface area contributed by atoms with Crippen molar-refractivity contribution in [3.63, 3.8) is 0 Å². The summed E-state index contributed by atoms with van der Waals surface area (Å²) in [5, 5.41) is 3.45. The number of hydrogen-bond acceptors (Lipinski definition) is 2. The summed E-state index contributed by atoms with van der Waals surface area (Å²) in [6, 6.07) is 15.7. The predicted molar refractivity (Wildman–Crippen MR) is 86.9 cm³/mol. The maximum atomic E-state index is 5.84. The topological polar surface area (TPSA) is 21.3 Å². The summed E-state index contributed by atoms with van der Waals surface area (Å²) >= 11 is 0. The molecular formula is C19H23NO. The first-order valence-corrected chi connectivity index (χ1v) is 7.75. The largest absolute Gasteiger partial charge is 0.493 e. The van der Waals surface area contributed by atoms with Gasteiger partial charge >= 0.3 is 0 Å². The van der Waals surface area contributed by atoms with Crippen molar-refractivity contribution < 1.29 is 4.74 Å². The highest BCUT2D eigenvalue weighted by atomic mass is 16.5. The fourth-order valence-electron chi connectivity index (χ4n) is 3.04. The van der Waals surface area contributed by atoms with E-state index >= 15 is 0 Å². The number of fused-ring (bicyclic) bond motifs is 1. The van der Waals surface area contributed by atoms with Crippen LogP contribution in [-0.4, -0.2) is 13.7 Å². The van der Waals surface area contributed by atoms with Crippen LogP contribution in [0.1, 0.15) is 34.7 Å². The SMILES string of the molecule is CNC(CCc1ccc(C)cc1)c1cccc2c1OCC2. The van der Waals surface area contributed by atoms with Crippen molar-refractivity contribution in [3.8, 4) is 5.75 Å². The van der Waals surface area contributed by atoms with Gasteiger partial charge in [0.15, 0.2) is 0 Å².